The molecule has 0 unspecified atom stereocenters. The fraction of sp³-hybridized carbons (Fsp3) is 0.130. The van der Waals surface area contributed by atoms with Crippen molar-refractivity contribution in [1.29, 1.82) is 0 Å². The van der Waals surface area contributed by atoms with E-state index in [1.165, 1.54) is 11.0 Å². The zero-order chi connectivity index (χ0) is 22.3. The van der Waals surface area contributed by atoms with Gasteiger partial charge in [0.05, 0.1) is 5.69 Å². The summed E-state index contributed by atoms with van der Waals surface area (Å²) in [5.74, 6) is -1.56. The average molecular weight is 433 g/mol. The van der Waals surface area contributed by atoms with Crippen LogP contribution in [0.2, 0.25) is 0 Å². The van der Waals surface area contributed by atoms with Crippen molar-refractivity contribution < 1.29 is 14.4 Å². The number of nitrogens with two attached hydrogens (primary N) is 1. The SMILES string of the molecule is Cc1ccc(N2C(=O)C(=Cc3cn(CC(N)=O)c4ccccc34)C(=O)NC2=S)c(C)c1. The molecule has 3 aromatic rings. The van der Waals surface area contributed by atoms with Crippen LogP contribution in [0.25, 0.3) is 17.0 Å². The third-order valence-corrected chi connectivity index (χ3v) is 5.42. The minimum atomic E-state index is -0.567. The Morgan fingerprint density at radius 3 is 2.61 bits per heavy atom. The summed E-state index contributed by atoms with van der Waals surface area (Å²) in [5.41, 5.74) is 9.25. The van der Waals surface area contributed by atoms with Crippen molar-refractivity contribution in [1.82, 2.24) is 9.88 Å². The van der Waals surface area contributed by atoms with Gasteiger partial charge in [0.1, 0.15) is 12.1 Å². The van der Waals surface area contributed by atoms with Crippen LogP contribution in [0.1, 0.15) is 16.7 Å². The highest BCUT2D eigenvalue weighted by molar-refractivity contribution is 7.80. The highest BCUT2D eigenvalue weighted by Crippen LogP contribution is 2.28. The average Bonchev–Trinajstić information content (AvgIpc) is 3.03. The summed E-state index contributed by atoms with van der Waals surface area (Å²) >= 11 is 5.29. The van der Waals surface area contributed by atoms with Crippen LogP contribution < -0.4 is 16.0 Å². The number of amides is 3. The van der Waals surface area contributed by atoms with Crippen LogP contribution in [0.15, 0.2) is 54.2 Å². The monoisotopic (exact) mass is 432 g/mol. The summed E-state index contributed by atoms with van der Waals surface area (Å²) in [6.45, 7) is 3.83. The van der Waals surface area contributed by atoms with Crippen LogP contribution in [0.5, 0.6) is 0 Å². The Labute approximate surface area is 184 Å². The smallest absolute Gasteiger partial charge is 0.270 e. The Morgan fingerprint density at radius 2 is 1.90 bits per heavy atom. The molecule has 1 saturated heterocycles. The van der Waals surface area contributed by atoms with Crippen molar-refractivity contribution >= 4 is 57.7 Å². The topological polar surface area (TPSA) is 97.4 Å². The molecule has 0 aliphatic carbocycles. The number of nitrogens with one attached hydrogen (secondary N) is 1. The fourth-order valence-electron chi connectivity index (χ4n) is 3.78. The molecule has 1 aromatic heterocycles. The summed E-state index contributed by atoms with van der Waals surface area (Å²) in [4.78, 5) is 38.8. The van der Waals surface area contributed by atoms with Gasteiger partial charge in [-0.3, -0.25) is 24.6 Å². The van der Waals surface area contributed by atoms with Crippen LogP contribution in [-0.4, -0.2) is 27.4 Å². The molecule has 7 nitrogen and oxygen atoms in total. The number of hydrogen-bond donors (Lipinski definition) is 2. The lowest BCUT2D eigenvalue weighted by Crippen LogP contribution is -2.54. The number of thiocarbonyl (C=S) groups is 1. The molecule has 0 atom stereocenters. The fourth-order valence-corrected chi connectivity index (χ4v) is 4.05. The normalized spacial score (nSPS) is 15.6. The maximum atomic E-state index is 13.3. The molecule has 0 saturated carbocycles. The molecule has 31 heavy (non-hydrogen) atoms. The number of carbonyl (C=O) groups is 3. The zero-order valence-corrected chi connectivity index (χ0v) is 17.8. The first-order valence-electron chi connectivity index (χ1n) is 9.61. The maximum absolute atomic E-state index is 13.3. The predicted molar refractivity (Wildman–Crippen MR) is 123 cm³/mol. The summed E-state index contributed by atoms with van der Waals surface area (Å²) < 4.78 is 1.70. The number of primary amides is 1. The van der Waals surface area contributed by atoms with Crippen LogP contribution in [0.3, 0.4) is 0 Å². The van der Waals surface area contributed by atoms with Gasteiger partial charge >= 0.3 is 0 Å². The van der Waals surface area contributed by atoms with Gasteiger partial charge in [-0.25, -0.2) is 0 Å². The quantitative estimate of drug-likeness (QED) is 0.376. The zero-order valence-electron chi connectivity index (χ0n) is 17.0. The predicted octanol–water partition coefficient (Wildman–Crippen LogP) is 2.57. The summed E-state index contributed by atoms with van der Waals surface area (Å²) in [5, 5.41) is 3.44. The van der Waals surface area contributed by atoms with E-state index in [9.17, 15) is 14.4 Å². The molecule has 0 spiro atoms. The van der Waals surface area contributed by atoms with E-state index < -0.39 is 17.7 Å². The molecule has 2 aromatic carbocycles. The van der Waals surface area contributed by atoms with Gasteiger partial charge in [0.25, 0.3) is 11.8 Å². The Morgan fingerprint density at radius 1 is 1.16 bits per heavy atom. The highest BCUT2D eigenvalue weighted by Gasteiger charge is 2.35. The molecule has 2 heterocycles. The first-order chi connectivity index (χ1) is 14.8. The number of aromatic nitrogens is 1. The second-order valence-corrected chi connectivity index (χ2v) is 7.83. The van der Waals surface area contributed by atoms with Crippen molar-refractivity contribution in [2.24, 2.45) is 5.73 Å². The van der Waals surface area contributed by atoms with E-state index in [0.29, 0.717) is 11.3 Å². The highest BCUT2D eigenvalue weighted by atomic mass is 32.1. The van der Waals surface area contributed by atoms with E-state index in [2.05, 4.69) is 5.32 Å². The van der Waals surface area contributed by atoms with Gasteiger partial charge < -0.3 is 10.3 Å². The number of fused-ring (bicyclic) bond motifs is 1. The van der Waals surface area contributed by atoms with Gasteiger partial charge in [-0.2, -0.15) is 0 Å². The molecule has 3 N–H and O–H groups in total. The second-order valence-electron chi connectivity index (χ2n) is 7.44. The first kappa shape index (κ1) is 20.5. The summed E-state index contributed by atoms with van der Waals surface area (Å²) in [7, 11) is 0. The lowest BCUT2D eigenvalue weighted by atomic mass is 10.0. The molecular weight excluding hydrogens is 412 g/mol. The van der Waals surface area contributed by atoms with Crippen molar-refractivity contribution in [3.63, 3.8) is 0 Å². The number of benzene rings is 2. The molecular formula is C23H20N4O3S. The molecule has 1 aliphatic rings. The number of aryl methyl sites for hydroxylation is 2. The maximum Gasteiger partial charge on any atom is 0.270 e. The van der Waals surface area contributed by atoms with Crippen LogP contribution in [-0.2, 0) is 20.9 Å². The number of hydrogen-bond acceptors (Lipinski definition) is 4. The van der Waals surface area contributed by atoms with Crippen molar-refractivity contribution in [2.75, 3.05) is 4.90 Å². The number of para-hydroxylation sites is 1. The van der Waals surface area contributed by atoms with Gasteiger partial charge in [-0.15, -0.1) is 0 Å². The van der Waals surface area contributed by atoms with E-state index in [1.54, 1.807) is 10.8 Å². The molecule has 3 amide bonds. The molecule has 4 rings (SSSR count). The Hall–Kier alpha value is -3.78. The lowest BCUT2D eigenvalue weighted by molar-refractivity contribution is -0.122. The van der Waals surface area contributed by atoms with Gasteiger partial charge in [0, 0.05) is 22.7 Å². The number of rotatable bonds is 4. The standard InChI is InChI=1S/C23H20N4O3S/c1-13-7-8-18(14(2)9-13)27-22(30)17(21(29)25-23(27)31)10-15-11-26(12-20(24)28)19-6-4-3-5-16(15)19/h3-11H,12H2,1-2H3,(H2,24,28)(H,25,29,31). The first-order valence-corrected chi connectivity index (χ1v) is 10.0. The van der Waals surface area contributed by atoms with E-state index in [0.717, 1.165) is 22.0 Å². The number of nitrogens with zero attached hydrogens (tertiary/aromatic N) is 2. The van der Waals surface area contributed by atoms with E-state index >= 15 is 0 Å². The van der Waals surface area contributed by atoms with Gasteiger partial charge in [0.15, 0.2) is 5.11 Å². The molecule has 1 aliphatic heterocycles. The van der Waals surface area contributed by atoms with E-state index in [1.807, 2.05) is 56.3 Å². The van der Waals surface area contributed by atoms with Crippen LogP contribution in [0.4, 0.5) is 5.69 Å². The minimum Gasteiger partial charge on any atom is -0.368 e. The van der Waals surface area contributed by atoms with Crippen LogP contribution in [0, 0.1) is 13.8 Å². The molecule has 0 bridgehead atoms. The van der Waals surface area contributed by atoms with Crippen molar-refractivity contribution in [3.8, 4) is 0 Å². The van der Waals surface area contributed by atoms with E-state index in [-0.39, 0.29) is 17.2 Å². The van der Waals surface area contributed by atoms with Crippen molar-refractivity contribution in [2.45, 2.75) is 20.4 Å². The third kappa shape index (κ3) is 3.73. The molecule has 1 fully saturated rings. The number of carbonyl (C=O) groups excluding carboxylic acids is 3. The summed E-state index contributed by atoms with van der Waals surface area (Å²) in [6, 6.07) is 13.0. The Balaban J connectivity index is 1.82. The molecule has 0 radical (unpaired) electrons. The van der Waals surface area contributed by atoms with Crippen molar-refractivity contribution in [3.05, 3.63) is 70.9 Å². The van der Waals surface area contributed by atoms with Gasteiger partial charge in [-0.05, 0) is 49.8 Å². The Bertz CT molecular complexity index is 1310. The van der Waals surface area contributed by atoms with Crippen LogP contribution >= 0.6 is 12.2 Å². The van der Waals surface area contributed by atoms with Gasteiger partial charge in [0.2, 0.25) is 5.91 Å². The minimum absolute atomic E-state index is 0.0113. The lowest BCUT2D eigenvalue weighted by Gasteiger charge is -2.30. The Kier molecular flexibility index (Phi) is 5.16. The summed E-state index contributed by atoms with van der Waals surface area (Å²) in [6.07, 6.45) is 3.23. The molecule has 8 heteroatoms. The second kappa shape index (κ2) is 7.81. The largest absolute Gasteiger partial charge is 0.368 e. The van der Waals surface area contributed by atoms with E-state index in [4.69, 9.17) is 18.0 Å². The molecule has 156 valence electrons. The van der Waals surface area contributed by atoms with Gasteiger partial charge in [-0.1, -0.05) is 35.9 Å². The number of anilines is 1. The third-order valence-electron chi connectivity index (χ3n) is 5.14.